The molecular weight excluding hydrogens is 222 g/mol. The van der Waals surface area contributed by atoms with Crippen molar-refractivity contribution < 1.29 is 4.74 Å². The van der Waals surface area contributed by atoms with E-state index in [0.29, 0.717) is 6.54 Å². The molecule has 1 rings (SSSR count). The molecule has 2 heteroatoms. The molecular formula is C16H27NO. The average Bonchev–Trinajstić information content (AvgIpc) is 2.27. The van der Waals surface area contributed by atoms with E-state index in [1.165, 1.54) is 11.1 Å². The van der Waals surface area contributed by atoms with Crippen molar-refractivity contribution in [3.05, 3.63) is 29.3 Å². The third-order valence-electron chi connectivity index (χ3n) is 3.37. The van der Waals surface area contributed by atoms with Gasteiger partial charge in [-0.2, -0.15) is 0 Å². The number of nitrogens with two attached hydrogens (primary N) is 1. The molecule has 0 bridgehead atoms. The van der Waals surface area contributed by atoms with Gasteiger partial charge < -0.3 is 10.5 Å². The van der Waals surface area contributed by atoms with E-state index in [4.69, 9.17) is 10.5 Å². The van der Waals surface area contributed by atoms with Gasteiger partial charge in [0.25, 0.3) is 0 Å². The second-order valence-corrected chi connectivity index (χ2v) is 6.82. The largest absolute Gasteiger partial charge is 0.496 e. The van der Waals surface area contributed by atoms with Gasteiger partial charge in [0.15, 0.2) is 0 Å². The van der Waals surface area contributed by atoms with Gasteiger partial charge in [-0.15, -0.1) is 0 Å². The van der Waals surface area contributed by atoms with Gasteiger partial charge in [-0.1, -0.05) is 46.8 Å². The first kappa shape index (κ1) is 15.0. The molecule has 0 aliphatic heterocycles. The van der Waals surface area contributed by atoms with Crippen LogP contribution in [0.25, 0.3) is 0 Å². The van der Waals surface area contributed by atoms with E-state index in [2.05, 4.69) is 52.8 Å². The first-order valence-electron chi connectivity index (χ1n) is 6.57. The van der Waals surface area contributed by atoms with Crippen LogP contribution >= 0.6 is 0 Å². The number of hydrogen-bond donors (Lipinski definition) is 1. The van der Waals surface area contributed by atoms with E-state index in [0.717, 1.165) is 12.2 Å². The van der Waals surface area contributed by atoms with E-state index in [9.17, 15) is 0 Å². The van der Waals surface area contributed by atoms with Gasteiger partial charge in [0, 0.05) is 0 Å². The first-order valence-corrected chi connectivity index (χ1v) is 6.57. The highest BCUT2D eigenvalue weighted by Crippen LogP contribution is 2.31. The van der Waals surface area contributed by atoms with Gasteiger partial charge >= 0.3 is 0 Å². The molecule has 0 spiro atoms. The Morgan fingerprint density at radius 3 is 2.17 bits per heavy atom. The smallest absolute Gasteiger partial charge is 0.122 e. The second-order valence-electron chi connectivity index (χ2n) is 6.82. The Labute approximate surface area is 112 Å². The Bertz CT molecular complexity index is 402. The van der Waals surface area contributed by atoms with Crippen molar-refractivity contribution in [2.45, 2.75) is 46.5 Å². The molecule has 0 atom stereocenters. The topological polar surface area (TPSA) is 35.2 Å². The summed E-state index contributed by atoms with van der Waals surface area (Å²) in [5, 5.41) is 0. The number of hydrogen-bond acceptors (Lipinski definition) is 2. The van der Waals surface area contributed by atoms with Crippen molar-refractivity contribution in [3.63, 3.8) is 0 Å². The zero-order valence-electron chi connectivity index (χ0n) is 12.6. The molecule has 2 N–H and O–H groups in total. The lowest BCUT2D eigenvalue weighted by atomic mass is 9.81. The molecule has 0 aliphatic rings. The molecule has 2 nitrogen and oxygen atoms in total. The molecule has 0 unspecified atom stereocenters. The summed E-state index contributed by atoms with van der Waals surface area (Å²) < 4.78 is 5.46. The maximum absolute atomic E-state index is 5.83. The average molecular weight is 249 g/mol. The SMILES string of the molecule is COc1ccc(C(C)(C)C)cc1CC(C)(C)CN. The molecule has 102 valence electrons. The zero-order chi connectivity index (χ0) is 14.0. The van der Waals surface area contributed by atoms with Crippen molar-refractivity contribution in [1.29, 1.82) is 0 Å². The van der Waals surface area contributed by atoms with Crippen LogP contribution in [-0.2, 0) is 11.8 Å². The summed E-state index contributed by atoms with van der Waals surface area (Å²) in [7, 11) is 1.73. The zero-order valence-corrected chi connectivity index (χ0v) is 12.6. The van der Waals surface area contributed by atoms with Crippen molar-refractivity contribution in [3.8, 4) is 5.75 Å². The predicted octanol–water partition coefficient (Wildman–Crippen LogP) is 3.52. The minimum absolute atomic E-state index is 0.101. The molecule has 0 saturated carbocycles. The Hall–Kier alpha value is -1.02. The minimum Gasteiger partial charge on any atom is -0.496 e. The highest BCUT2D eigenvalue weighted by Gasteiger charge is 2.21. The lowest BCUT2D eigenvalue weighted by Gasteiger charge is -2.26. The Morgan fingerprint density at radius 1 is 1.11 bits per heavy atom. The van der Waals surface area contributed by atoms with Gasteiger partial charge in [0.05, 0.1) is 7.11 Å². The van der Waals surface area contributed by atoms with Gasteiger partial charge in [-0.05, 0) is 41.0 Å². The molecule has 0 heterocycles. The Morgan fingerprint density at radius 2 is 1.72 bits per heavy atom. The molecule has 1 aromatic carbocycles. The number of ether oxygens (including phenoxy) is 1. The van der Waals surface area contributed by atoms with Gasteiger partial charge in [-0.25, -0.2) is 0 Å². The van der Waals surface area contributed by atoms with E-state index in [1.54, 1.807) is 7.11 Å². The summed E-state index contributed by atoms with van der Waals surface area (Å²) in [6.45, 7) is 11.7. The normalized spacial score (nSPS) is 12.6. The Kier molecular flexibility index (Phi) is 4.44. The van der Waals surface area contributed by atoms with E-state index in [-0.39, 0.29) is 10.8 Å². The van der Waals surface area contributed by atoms with Crippen molar-refractivity contribution >= 4 is 0 Å². The van der Waals surface area contributed by atoms with Crippen molar-refractivity contribution in [2.24, 2.45) is 11.1 Å². The van der Waals surface area contributed by atoms with Crippen LogP contribution in [0, 0.1) is 5.41 Å². The van der Waals surface area contributed by atoms with Crippen LogP contribution in [0.4, 0.5) is 0 Å². The number of methoxy groups -OCH3 is 1. The summed E-state index contributed by atoms with van der Waals surface area (Å²) in [4.78, 5) is 0. The predicted molar refractivity (Wildman–Crippen MR) is 78.2 cm³/mol. The Balaban J connectivity index is 3.15. The summed E-state index contributed by atoms with van der Waals surface area (Å²) in [6.07, 6.45) is 0.941. The molecule has 0 aliphatic carbocycles. The van der Waals surface area contributed by atoms with Crippen LogP contribution in [0.5, 0.6) is 5.75 Å². The maximum atomic E-state index is 5.83. The highest BCUT2D eigenvalue weighted by molar-refractivity contribution is 5.40. The molecule has 18 heavy (non-hydrogen) atoms. The summed E-state index contributed by atoms with van der Waals surface area (Å²) in [5.41, 5.74) is 8.68. The van der Waals surface area contributed by atoms with Crippen LogP contribution in [0.3, 0.4) is 0 Å². The molecule has 0 radical (unpaired) electrons. The fourth-order valence-electron chi connectivity index (χ4n) is 1.97. The highest BCUT2D eigenvalue weighted by atomic mass is 16.5. The summed E-state index contributed by atoms with van der Waals surface area (Å²) in [6, 6.07) is 6.48. The standard InChI is InChI=1S/C16H27NO/c1-15(2,3)13-7-8-14(18-6)12(9-13)10-16(4,5)11-17/h7-9H,10-11,17H2,1-6H3. The summed E-state index contributed by atoms with van der Waals surface area (Å²) >= 11 is 0. The third-order valence-corrected chi connectivity index (χ3v) is 3.37. The van der Waals surface area contributed by atoms with Crippen molar-refractivity contribution in [2.75, 3.05) is 13.7 Å². The number of benzene rings is 1. The van der Waals surface area contributed by atoms with E-state index < -0.39 is 0 Å². The molecule has 0 fully saturated rings. The molecule has 1 aromatic rings. The lowest BCUT2D eigenvalue weighted by Crippen LogP contribution is -2.26. The fraction of sp³-hybridized carbons (Fsp3) is 0.625. The lowest BCUT2D eigenvalue weighted by molar-refractivity contribution is 0.358. The van der Waals surface area contributed by atoms with Gasteiger partial charge in [0.1, 0.15) is 5.75 Å². The van der Waals surface area contributed by atoms with E-state index >= 15 is 0 Å². The third kappa shape index (κ3) is 3.74. The maximum Gasteiger partial charge on any atom is 0.122 e. The molecule has 0 aromatic heterocycles. The fourth-order valence-corrected chi connectivity index (χ4v) is 1.97. The van der Waals surface area contributed by atoms with Crippen LogP contribution in [0.1, 0.15) is 45.7 Å². The van der Waals surface area contributed by atoms with Gasteiger partial charge in [0.2, 0.25) is 0 Å². The first-order chi connectivity index (χ1) is 8.19. The van der Waals surface area contributed by atoms with Crippen LogP contribution < -0.4 is 10.5 Å². The summed E-state index contributed by atoms with van der Waals surface area (Å²) in [5.74, 6) is 0.963. The van der Waals surface area contributed by atoms with Crippen molar-refractivity contribution in [1.82, 2.24) is 0 Å². The minimum atomic E-state index is 0.101. The van der Waals surface area contributed by atoms with Gasteiger partial charge in [-0.3, -0.25) is 0 Å². The van der Waals surface area contributed by atoms with Crippen LogP contribution in [-0.4, -0.2) is 13.7 Å². The van der Waals surface area contributed by atoms with E-state index in [1.807, 2.05) is 0 Å². The molecule has 0 saturated heterocycles. The second kappa shape index (κ2) is 5.31. The number of rotatable bonds is 4. The quantitative estimate of drug-likeness (QED) is 0.886. The van der Waals surface area contributed by atoms with Crippen LogP contribution in [0.15, 0.2) is 18.2 Å². The molecule has 0 amide bonds. The monoisotopic (exact) mass is 249 g/mol. The van der Waals surface area contributed by atoms with Crippen LogP contribution in [0.2, 0.25) is 0 Å².